The summed E-state index contributed by atoms with van der Waals surface area (Å²) in [4.78, 5) is 26.3. The highest BCUT2D eigenvalue weighted by molar-refractivity contribution is 5.87. The van der Waals surface area contributed by atoms with Crippen LogP contribution in [-0.4, -0.2) is 55.2 Å². The molecule has 0 aromatic carbocycles. The molecule has 1 aliphatic heterocycles. The number of morpholine rings is 1. The molecular formula is C15H29N3O3. The molecule has 6 nitrogen and oxygen atoms in total. The average Bonchev–Trinajstić information content (AvgIpc) is 2.46. The highest BCUT2D eigenvalue weighted by Gasteiger charge is 2.27. The number of amides is 3. The summed E-state index contributed by atoms with van der Waals surface area (Å²) in [5, 5.41) is 5.67. The van der Waals surface area contributed by atoms with Crippen LogP contribution in [0.4, 0.5) is 4.79 Å². The Kier molecular flexibility index (Phi) is 7.50. The zero-order valence-electron chi connectivity index (χ0n) is 13.6. The quantitative estimate of drug-likeness (QED) is 0.778. The Balaban J connectivity index is 2.61. The number of hydrogen-bond acceptors (Lipinski definition) is 3. The SMILES string of the molecule is CCC(C)NC(=O)NC(CC(C)C)C(=O)N1CCOCC1. The van der Waals surface area contributed by atoms with Gasteiger partial charge in [-0.25, -0.2) is 4.79 Å². The molecule has 2 atom stereocenters. The van der Waals surface area contributed by atoms with Gasteiger partial charge in [0, 0.05) is 19.1 Å². The van der Waals surface area contributed by atoms with E-state index in [9.17, 15) is 9.59 Å². The van der Waals surface area contributed by atoms with Gasteiger partial charge in [0.1, 0.15) is 6.04 Å². The number of ether oxygens (including phenoxy) is 1. The molecule has 0 aromatic heterocycles. The molecule has 0 bridgehead atoms. The first kappa shape index (κ1) is 17.8. The number of urea groups is 1. The summed E-state index contributed by atoms with van der Waals surface area (Å²) < 4.78 is 5.27. The lowest BCUT2D eigenvalue weighted by Gasteiger charge is -2.31. The number of nitrogens with one attached hydrogen (secondary N) is 2. The molecule has 0 aromatic rings. The molecule has 1 rings (SSSR count). The average molecular weight is 299 g/mol. The third-order valence-corrected chi connectivity index (χ3v) is 3.62. The maximum atomic E-state index is 12.6. The van der Waals surface area contributed by atoms with Gasteiger partial charge in [-0.2, -0.15) is 0 Å². The fourth-order valence-corrected chi connectivity index (χ4v) is 2.22. The Morgan fingerprint density at radius 2 is 1.76 bits per heavy atom. The van der Waals surface area contributed by atoms with Crippen LogP contribution in [-0.2, 0) is 9.53 Å². The van der Waals surface area contributed by atoms with E-state index in [1.165, 1.54) is 0 Å². The van der Waals surface area contributed by atoms with Crippen molar-refractivity contribution in [3.63, 3.8) is 0 Å². The highest BCUT2D eigenvalue weighted by Crippen LogP contribution is 2.09. The van der Waals surface area contributed by atoms with Gasteiger partial charge in [-0.05, 0) is 25.7 Å². The van der Waals surface area contributed by atoms with Gasteiger partial charge >= 0.3 is 6.03 Å². The van der Waals surface area contributed by atoms with Crippen LogP contribution >= 0.6 is 0 Å². The predicted octanol–water partition coefficient (Wildman–Crippen LogP) is 1.36. The molecule has 122 valence electrons. The fraction of sp³-hybridized carbons (Fsp3) is 0.867. The van der Waals surface area contributed by atoms with E-state index in [0.717, 1.165) is 6.42 Å². The van der Waals surface area contributed by atoms with E-state index in [0.29, 0.717) is 38.6 Å². The lowest BCUT2D eigenvalue weighted by Crippen LogP contribution is -2.54. The van der Waals surface area contributed by atoms with Crippen LogP contribution in [0.25, 0.3) is 0 Å². The Morgan fingerprint density at radius 1 is 1.14 bits per heavy atom. The van der Waals surface area contributed by atoms with Gasteiger partial charge in [0.05, 0.1) is 13.2 Å². The normalized spacial score (nSPS) is 18.2. The van der Waals surface area contributed by atoms with Gasteiger partial charge in [-0.1, -0.05) is 20.8 Å². The summed E-state index contributed by atoms with van der Waals surface area (Å²) in [7, 11) is 0. The minimum Gasteiger partial charge on any atom is -0.378 e. The number of nitrogens with zero attached hydrogens (tertiary/aromatic N) is 1. The van der Waals surface area contributed by atoms with Gasteiger partial charge in [-0.15, -0.1) is 0 Å². The van der Waals surface area contributed by atoms with Crippen molar-refractivity contribution in [2.24, 2.45) is 5.92 Å². The standard InChI is InChI=1S/C15H29N3O3/c1-5-12(4)16-15(20)17-13(10-11(2)3)14(19)18-6-8-21-9-7-18/h11-13H,5-10H2,1-4H3,(H2,16,17,20). The summed E-state index contributed by atoms with van der Waals surface area (Å²) >= 11 is 0. The van der Waals surface area contributed by atoms with Crippen LogP contribution in [0.1, 0.15) is 40.5 Å². The molecule has 0 radical (unpaired) electrons. The van der Waals surface area contributed by atoms with Gasteiger partial charge in [0.2, 0.25) is 5.91 Å². The van der Waals surface area contributed by atoms with Crippen LogP contribution in [0.15, 0.2) is 0 Å². The molecule has 3 amide bonds. The summed E-state index contributed by atoms with van der Waals surface area (Å²) in [5.41, 5.74) is 0. The molecule has 1 fully saturated rings. The van der Waals surface area contributed by atoms with E-state index in [4.69, 9.17) is 4.74 Å². The fourth-order valence-electron chi connectivity index (χ4n) is 2.22. The highest BCUT2D eigenvalue weighted by atomic mass is 16.5. The Morgan fingerprint density at radius 3 is 2.29 bits per heavy atom. The summed E-state index contributed by atoms with van der Waals surface area (Å²) in [6, 6.07) is -0.632. The van der Waals surface area contributed by atoms with Crippen molar-refractivity contribution in [3.8, 4) is 0 Å². The minimum atomic E-state index is -0.466. The summed E-state index contributed by atoms with van der Waals surface area (Å²) in [6.07, 6.45) is 1.50. The minimum absolute atomic E-state index is 0.00805. The summed E-state index contributed by atoms with van der Waals surface area (Å²) in [5.74, 6) is 0.329. The van der Waals surface area contributed by atoms with E-state index >= 15 is 0 Å². The van der Waals surface area contributed by atoms with Crippen molar-refractivity contribution in [2.75, 3.05) is 26.3 Å². The van der Waals surface area contributed by atoms with Crippen LogP contribution in [0.2, 0.25) is 0 Å². The van der Waals surface area contributed by atoms with Gasteiger partial charge < -0.3 is 20.3 Å². The van der Waals surface area contributed by atoms with Crippen LogP contribution in [0, 0.1) is 5.92 Å². The molecule has 1 saturated heterocycles. The molecule has 1 heterocycles. The van der Waals surface area contributed by atoms with E-state index < -0.39 is 6.04 Å². The van der Waals surface area contributed by atoms with Crippen molar-refractivity contribution in [2.45, 2.75) is 52.6 Å². The molecule has 0 spiro atoms. The monoisotopic (exact) mass is 299 g/mol. The van der Waals surface area contributed by atoms with Crippen molar-refractivity contribution < 1.29 is 14.3 Å². The third kappa shape index (κ3) is 6.33. The smallest absolute Gasteiger partial charge is 0.315 e. The Labute approximate surface area is 127 Å². The number of hydrogen-bond donors (Lipinski definition) is 2. The first-order valence-electron chi connectivity index (χ1n) is 7.87. The number of rotatable bonds is 6. The molecule has 2 unspecified atom stereocenters. The van der Waals surface area contributed by atoms with Crippen LogP contribution in [0.3, 0.4) is 0 Å². The zero-order chi connectivity index (χ0) is 15.8. The van der Waals surface area contributed by atoms with Crippen molar-refractivity contribution >= 4 is 11.9 Å². The van der Waals surface area contributed by atoms with Crippen LogP contribution < -0.4 is 10.6 Å². The van der Waals surface area contributed by atoms with Crippen molar-refractivity contribution in [1.82, 2.24) is 15.5 Å². The van der Waals surface area contributed by atoms with Crippen molar-refractivity contribution in [3.05, 3.63) is 0 Å². The lowest BCUT2D eigenvalue weighted by atomic mass is 10.0. The Bertz CT molecular complexity index is 341. The second-order valence-electron chi connectivity index (χ2n) is 6.05. The molecular weight excluding hydrogens is 270 g/mol. The molecule has 0 aliphatic carbocycles. The first-order chi connectivity index (χ1) is 9.93. The van der Waals surface area contributed by atoms with E-state index in [-0.39, 0.29) is 18.0 Å². The van der Waals surface area contributed by atoms with Gasteiger partial charge in [0.15, 0.2) is 0 Å². The van der Waals surface area contributed by atoms with E-state index in [1.54, 1.807) is 4.90 Å². The van der Waals surface area contributed by atoms with Crippen LogP contribution in [0.5, 0.6) is 0 Å². The lowest BCUT2D eigenvalue weighted by molar-refractivity contribution is -0.137. The second kappa shape index (κ2) is 8.87. The van der Waals surface area contributed by atoms with E-state index in [1.807, 2.05) is 27.7 Å². The second-order valence-corrected chi connectivity index (χ2v) is 6.05. The molecule has 2 N–H and O–H groups in total. The predicted molar refractivity (Wildman–Crippen MR) is 82.1 cm³/mol. The maximum absolute atomic E-state index is 12.6. The molecule has 6 heteroatoms. The molecule has 0 saturated carbocycles. The Hall–Kier alpha value is -1.30. The van der Waals surface area contributed by atoms with Gasteiger partial charge in [-0.3, -0.25) is 4.79 Å². The topological polar surface area (TPSA) is 70.7 Å². The maximum Gasteiger partial charge on any atom is 0.315 e. The molecule has 21 heavy (non-hydrogen) atoms. The van der Waals surface area contributed by atoms with E-state index in [2.05, 4.69) is 10.6 Å². The largest absolute Gasteiger partial charge is 0.378 e. The number of carbonyl (C=O) groups excluding carboxylic acids is 2. The van der Waals surface area contributed by atoms with Gasteiger partial charge in [0.25, 0.3) is 0 Å². The third-order valence-electron chi connectivity index (χ3n) is 3.62. The summed E-state index contributed by atoms with van der Waals surface area (Å²) in [6.45, 7) is 10.4. The number of carbonyl (C=O) groups is 2. The first-order valence-corrected chi connectivity index (χ1v) is 7.87. The van der Waals surface area contributed by atoms with Crippen molar-refractivity contribution in [1.29, 1.82) is 0 Å². The zero-order valence-corrected chi connectivity index (χ0v) is 13.6. The molecule has 1 aliphatic rings.